The van der Waals surface area contributed by atoms with Gasteiger partial charge >= 0.3 is 18.0 Å². The Hall–Kier alpha value is -1.79. The van der Waals surface area contributed by atoms with Crippen molar-refractivity contribution in [1.29, 1.82) is 0 Å². The van der Waals surface area contributed by atoms with Gasteiger partial charge in [-0.05, 0) is 18.8 Å². The Morgan fingerprint density at radius 1 is 1.24 bits per heavy atom. The third kappa shape index (κ3) is 6.01. The van der Waals surface area contributed by atoms with E-state index in [1.54, 1.807) is 0 Å². The monoisotopic (exact) mass is 300 g/mol. The molecule has 0 aliphatic heterocycles. The van der Waals surface area contributed by atoms with E-state index in [4.69, 9.17) is 5.11 Å². The molecule has 120 valence electrons. The van der Waals surface area contributed by atoms with Gasteiger partial charge in [0.15, 0.2) is 0 Å². The molecule has 2 amide bonds. The summed E-state index contributed by atoms with van der Waals surface area (Å²) >= 11 is 0. The number of ether oxygens (including phenoxy) is 1. The van der Waals surface area contributed by atoms with Gasteiger partial charge in [-0.15, -0.1) is 0 Å². The van der Waals surface area contributed by atoms with Crippen molar-refractivity contribution in [2.45, 2.75) is 57.5 Å². The van der Waals surface area contributed by atoms with Crippen LogP contribution in [0.3, 0.4) is 0 Å². The summed E-state index contributed by atoms with van der Waals surface area (Å²) in [5.41, 5.74) is 0. The van der Waals surface area contributed by atoms with Crippen LogP contribution >= 0.6 is 0 Å². The zero-order valence-corrected chi connectivity index (χ0v) is 12.6. The highest BCUT2D eigenvalue weighted by molar-refractivity contribution is 5.86. The summed E-state index contributed by atoms with van der Waals surface area (Å²) in [4.78, 5) is 34.1. The van der Waals surface area contributed by atoms with Gasteiger partial charge < -0.3 is 20.5 Å². The number of esters is 1. The van der Waals surface area contributed by atoms with Crippen molar-refractivity contribution >= 4 is 18.0 Å². The number of carboxylic acid groups (broad SMARTS) is 1. The van der Waals surface area contributed by atoms with Gasteiger partial charge in [0.25, 0.3) is 0 Å². The van der Waals surface area contributed by atoms with Gasteiger partial charge in [0.1, 0.15) is 6.04 Å². The first kappa shape index (κ1) is 17.3. The summed E-state index contributed by atoms with van der Waals surface area (Å²) in [6.07, 6.45) is 4.92. The first-order valence-corrected chi connectivity index (χ1v) is 7.30. The summed E-state index contributed by atoms with van der Waals surface area (Å²) < 4.78 is 4.42. The Bertz CT molecular complexity index is 386. The zero-order chi connectivity index (χ0) is 15.8. The van der Waals surface area contributed by atoms with Crippen LogP contribution in [0.1, 0.15) is 45.4 Å². The number of methoxy groups -OCH3 is 1. The van der Waals surface area contributed by atoms with Crippen LogP contribution in [0, 0.1) is 5.92 Å². The maximum absolute atomic E-state index is 11.9. The average Bonchev–Trinajstić information content (AvgIpc) is 2.63. The van der Waals surface area contributed by atoms with Crippen LogP contribution in [0.2, 0.25) is 0 Å². The molecule has 0 heterocycles. The highest BCUT2D eigenvalue weighted by atomic mass is 16.5. The van der Waals surface area contributed by atoms with Crippen LogP contribution in [-0.4, -0.2) is 42.3 Å². The average molecular weight is 300 g/mol. The first-order chi connectivity index (χ1) is 9.93. The summed E-state index contributed by atoms with van der Waals surface area (Å²) in [6, 6.07) is -1.79. The van der Waals surface area contributed by atoms with E-state index in [0.717, 1.165) is 32.1 Å². The molecule has 3 N–H and O–H groups in total. The minimum Gasteiger partial charge on any atom is -0.480 e. The fourth-order valence-electron chi connectivity index (χ4n) is 2.53. The highest BCUT2D eigenvalue weighted by Crippen LogP contribution is 2.22. The zero-order valence-electron chi connectivity index (χ0n) is 12.6. The third-order valence-electron chi connectivity index (χ3n) is 3.88. The first-order valence-electron chi connectivity index (χ1n) is 7.30. The van der Waals surface area contributed by atoms with Crippen molar-refractivity contribution in [2.24, 2.45) is 5.92 Å². The smallest absolute Gasteiger partial charge is 0.326 e. The Labute approximate surface area is 124 Å². The van der Waals surface area contributed by atoms with Gasteiger partial charge in [0.2, 0.25) is 0 Å². The quantitative estimate of drug-likeness (QED) is 0.524. The molecule has 1 aliphatic rings. The molecule has 0 radical (unpaired) electrons. The molecule has 3 atom stereocenters. The second kappa shape index (κ2) is 8.49. The molecule has 1 rings (SSSR count). The molecular weight excluding hydrogens is 276 g/mol. The molecule has 7 heteroatoms. The number of amides is 2. The lowest BCUT2D eigenvalue weighted by Gasteiger charge is -2.24. The number of urea groups is 1. The summed E-state index contributed by atoms with van der Waals surface area (Å²) in [5, 5.41) is 14.2. The molecule has 0 spiro atoms. The van der Waals surface area contributed by atoms with E-state index in [0.29, 0.717) is 5.92 Å². The van der Waals surface area contributed by atoms with Crippen molar-refractivity contribution in [1.82, 2.24) is 10.6 Å². The fraction of sp³-hybridized carbons (Fsp3) is 0.786. The van der Waals surface area contributed by atoms with Crippen LogP contribution in [0.5, 0.6) is 0 Å². The molecule has 7 nitrogen and oxygen atoms in total. The van der Waals surface area contributed by atoms with Gasteiger partial charge in [0, 0.05) is 6.04 Å². The van der Waals surface area contributed by atoms with Gasteiger partial charge in [-0.1, -0.05) is 26.2 Å². The Morgan fingerprint density at radius 2 is 1.90 bits per heavy atom. The van der Waals surface area contributed by atoms with Crippen molar-refractivity contribution in [3.8, 4) is 0 Å². The minimum atomic E-state index is -1.28. The number of rotatable bonds is 5. The SMILES string of the molecule is COC(=O)C[C@H](NC(=O)NC1CCCCCC1C)C(=O)O. The van der Waals surface area contributed by atoms with Crippen LogP contribution in [0.25, 0.3) is 0 Å². The fourth-order valence-corrected chi connectivity index (χ4v) is 2.53. The number of hydrogen-bond acceptors (Lipinski definition) is 4. The van der Waals surface area contributed by atoms with E-state index in [2.05, 4.69) is 22.3 Å². The van der Waals surface area contributed by atoms with Crippen LogP contribution in [0.15, 0.2) is 0 Å². The second-order valence-corrected chi connectivity index (χ2v) is 5.51. The van der Waals surface area contributed by atoms with Crippen molar-refractivity contribution < 1.29 is 24.2 Å². The molecule has 21 heavy (non-hydrogen) atoms. The molecule has 1 aliphatic carbocycles. The molecule has 0 aromatic carbocycles. The number of hydrogen-bond donors (Lipinski definition) is 3. The Kier molecular flexibility index (Phi) is 6.98. The molecule has 0 aromatic heterocycles. The maximum Gasteiger partial charge on any atom is 0.326 e. The number of aliphatic carboxylic acids is 1. The van der Waals surface area contributed by atoms with Crippen molar-refractivity contribution in [2.75, 3.05) is 7.11 Å². The second-order valence-electron chi connectivity index (χ2n) is 5.51. The normalized spacial score (nSPS) is 23.5. The van der Waals surface area contributed by atoms with Crippen LogP contribution in [-0.2, 0) is 14.3 Å². The number of carbonyl (C=O) groups is 3. The summed E-state index contributed by atoms with van der Waals surface area (Å²) in [5.74, 6) is -1.57. The Balaban J connectivity index is 2.52. The van der Waals surface area contributed by atoms with E-state index in [1.807, 2.05) is 0 Å². The summed E-state index contributed by atoms with van der Waals surface area (Å²) in [7, 11) is 1.18. The van der Waals surface area contributed by atoms with E-state index in [-0.39, 0.29) is 12.5 Å². The Morgan fingerprint density at radius 3 is 2.52 bits per heavy atom. The van der Waals surface area contributed by atoms with E-state index in [1.165, 1.54) is 7.11 Å². The largest absolute Gasteiger partial charge is 0.480 e. The lowest BCUT2D eigenvalue weighted by molar-refractivity contribution is -0.147. The van der Waals surface area contributed by atoms with Gasteiger partial charge in [-0.25, -0.2) is 9.59 Å². The molecule has 0 aromatic rings. The lowest BCUT2D eigenvalue weighted by Crippen LogP contribution is -2.51. The van der Waals surface area contributed by atoms with Gasteiger partial charge in [-0.3, -0.25) is 4.79 Å². The van der Waals surface area contributed by atoms with Crippen molar-refractivity contribution in [3.63, 3.8) is 0 Å². The van der Waals surface area contributed by atoms with E-state index in [9.17, 15) is 14.4 Å². The van der Waals surface area contributed by atoms with Crippen LogP contribution in [0.4, 0.5) is 4.79 Å². The van der Waals surface area contributed by atoms with Crippen molar-refractivity contribution in [3.05, 3.63) is 0 Å². The maximum atomic E-state index is 11.9. The molecular formula is C14H24N2O5. The summed E-state index contributed by atoms with van der Waals surface area (Å²) in [6.45, 7) is 2.08. The molecule has 1 fully saturated rings. The standard InChI is InChI=1S/C14H24N2O5/c1-9-6-4-3-5-7-10(9)15-14(20)16-11(13(18)19)8-12(17)21-2/h9-11H,3-8H2,1-2H3,(H,18,19)(H2,15,16,20)/t9?,10?,11-/m0/s1. The lowest BCUT2D eigenvalue weighted by atomic mass is 9.97. The van der Waals surface area contributed by atoms with Crippen LogP contribution < -0.4 is 10.6 Å². The topological polar surface area (TPSA) is 105 Å². The number of nitrogens with one attached hydrogen (secondary N) is 2. The van der Waals surface area contributed by atoms with E-state index >= 15 is 0 Å². The highest BCUT2D eigenvalue weighted by Gasteiger charge is 2.26. The molecule has 0 saturated heterocycles. The third-order valence-corrected chi connectivity index (χ3v) is 3.88. The molecule has 0 bridgehead atoms. The van der Waals surface area contributed by atoms with Gasteiger partial charge in [0.05, 0.1) is 13.5 Å². The molecule has 1 saturated carbocycles. The molecule has 2 unspecified atom stereocenters. The predicted octanol–water partition coefficient (Wildman–Crippen LogP) is 1.27. The minimum absolute atomic E-state index is 0.0417. The van der Waals surface area contributed by atoms with Gasteiger partial charge in [-0.2, -0.15) is 0 Å². The predicted molar refractivity (Wildman–Crippen MR) is 75.8 cm³/mol. The number of carbonyl (C=O) groups excluding carboxylic acids is 2. The van der Waals surface area contributed by atoms with E-state index < -0.39 is 24.0 Å². The number of carboxylic acids is 1.